The second-order valence-corrected chi connectivity index (χ2v) is 9.12. The van der Waals surface area contributed by atoms with E-state index in [1.807, 2.05) is 43.8 Å². The maximum atomic E-state index is 13.3. The van der Waals surface area contributed by atoms with Crippen LogP contribution in [0.1, 0.15) is 40.8 Å². The number of piperidine rings is 1. The van der Waals surface area contributed by atoms with Crippen LogP contribution in [-0.4, -0.2) is 49.8 Å². The van der Waals surface area contributed by atoms with E-state index in [2.05, 4.69) is 42.1 Å². The second kappa shape index (κ2) is 7.92. The molecule has 2 aliphatic heterocycles. The number of anilines is 1. The summed E-state index contributed by atoms with van der Waals surface area (Å²) in [5, 5.41) is 8.60. The molecular weight excluding hydrogens is 390 g/mol. The molecule has 2 atom stereocenters. The third-order valence-electron chi connectivity index (χ3n) is 6.41. The maximum Gasteiger partial charge on any atom is 0.255 e. The van der Waals surface area contributed by atoms with Crippen LogP contribution in [0.2, 0.25) is 0 Å². The average molecular weight is 420 g/mol. The number of aromatic nitrogens is 5. The quantitative estimate of drug-likeness (QED) is 0.683. The Morgan fingerprint density at radius 2 is 1.97 bits per heavy atom. The van der Waals surface area contributed by atoms with Crippen LogP contribution in [0.4, 0.5) is 5.82 Å². The minimum atomic E-state index is 0.151. The van der Waals surface area contributed by atoms with Crippen molar-refractivity contribution in [3.8, 4) is 0 Å². The average Bonchev–Trinajstić information content (AvgIpc) is 3.15. The summed E-state index contributed by atoms with van der Waals surface area (Å²) >= 11 is 0. The molecule has 0 amide bonds. The molecular formula is C23H29N7O. The van der Waals surface area contributed by atoms with Gasteiger partial charge in [-0.2, -0.15) is 5.10 Å². The van der Waals surface area contributed by atoms with Gasteiger partial charge in [-0.15, -0.1) is 5.10 Å². The van der Waals surface area contributed by atoms with Crippen LogP contribution in [0.15, 0.2) is 35.3 Å². The minimum Gasteiger partial charge on any atom is -0.354 e. The first-order valence-electron chi connectivity index (χ1n) is 10.9. The number of nitrogens with zero attached hydrogens (tertiary/aromatic N) is 6. The van der Waals surface area contributed by atoms with Crippen LogP contribution in [0.25, 0.3) is 0 Å². The second-order valence-electron chi connectivity index (χ2n) is 9.12. The first-order valence-corrected chi connectivity index (χ1v) is 10.9. The van der Waals surface area contributed by atoms with Crippen molar-refractivity contribution < 1.29 is 0 Å². The van der Waals surface area contributed by atoms with E-state index < -0.39 is 0 Å². The van der Waals surface area contributed by atoms with Crippen molar-refractivity contribution in [2.75, 3.05) is 25.0 Å². The van der Waals surface area contributed by atoms with Crippen LogP contribution in [-0.2, 0) is 19.6 Å². The zero-order chi connectivity index (χ0) is 21.5. The first kappa shape index (κ1) is 19.9. The van der Waals surface area contributed by atoms with Crippen molar-refractivity contribution >= 4 is 5.82 Å². The van der Waals surface area contributed by atoms with Crippen molar-refractivity contribution in [3.05, 3.63) is 69.3 Å². The van der Waals surface area contributed by atoms with Crippen molar-refractivity contribution in [3.63, 3.8) is 0 Å². The van der Waals surface area contributed by atoms with E-state index in [0.717, 1.165) is 60.3 Å². The van der Waals surface area contributed by atoms with Gasteiger partial charge in [0.25, 0.3) is 5.56 Å². The predicted octanol–water partition coefficient (Wildman–Crippen LogP) is 2.23. The fraction of sp³-hybridized carbons (Fsp3) is 0.478. The highest BCUT2D eigenvalue weighted by atomic mass is 16.1. The highest BCUT2D eigenvalue weighted by Crippen LogP contribution is 2.36. The Bertz CT molecular complexity index is 1130. The molecule has 31 heavy (non-hydrogen) atoms. The third-order valence-corrected chi connectivity index (χ3v) is 6.41. The third kappa shape index (κ3) is 3.99. The van der Waals surface area contributed by atoms with Gasteiger partial charge in [0.1, 0.15) is 5.82 Å². The zero-order valence-corrected chi connectivity index (χ0v) is 18.4. The van der Waals surface area contributed by atoms with E-state index >= 15 is 0 Å². The van der Waals surface area contributed by atoms with Gasteiger partial charge in [0, 0.05) is 55.2 Å². The first-order chi connectivity index (χ1) is 15.0. The summed E-state index contributed by atoms with van der Waals surface area (Å²) < 4.78 is 2.03. The summed E-state index contributed by atoms with van der Waals surface area (Å²) in [6.07, 6.45) is 2.97. The highest BCUT2D eigenvalue weighted by Gasteiger charge is 2.35. The Hall–Kier alpha value is -3.00. The van der Waals surface area contributed by atoms with Gasteiger partial charge in [0.15, 0.2) is 5.82 Å². The van der Waals surface area contributed by atoms with E-state index in [9.17, 15) is 4.79 Å². The standard InChI is InChI=1S/C23H29N7O/c1-15-4-7-22(27-26-15)29-10-17-8-19(13-29)20-6-5-18(23(31)30(20)11-17)12-28(3)14-21-24-9-16(2)25-21/h4-7,9,17,19H,8,10-14H2,1-3H3,(H,24,25)/t17-,19+/m0/s1. The number of hydrogen-bond donors (Lipinski definition) is 1. The molecule has 0 spiro atoms. The van der Waals surface area contributed by atoms with Gasteiger partial charge in [0.2, 0.25) is 0 Å². The van der Waals surface area contributed by atoms with Crippen LogP contribution < -0.4 is 10.5 Å². The lowest BCUT2D eigenvalue weighted by atomic mass is 9.83. The highest BCUT2D eigenvalue weighted by molar-refractivity contribution is 5.40. The lowest BCUT2D eigenvalue weighted by molar-refractivity contribution is 0.275. The molecule has 0 aromatic carbocycles. The summed E-state index contributed by atoms with van der Waals surface area (Å²) in [5.41, 5.74) is 4.13. The Balaban J connectivity index is 1.34. The molecule has 3 aromatic heterocycles. The van der Waals surface area contributed by atoms with Crippen molar-refractivity contribution in [1.82, 2.24) is 29.6 Å². The molecule has 0 unspecified atom stereocenters. The van der Waals surface area contributed by atoms with Gasteiger partial charge >= 0.3 is 0 Å². The Morgan fingerprint density at radius 3 is 2.71 bits per heavy atom. The fourth-order valence-electron chi connectivity index (χ4n) is 5.01. The van der Waals surface area contributed by atoms with Crippen LogP contribution in [0.3, 0.4) is 0 Å². The summed E-state index contributed by atoms with van der Waals surface area (Å²) in [4.78, 5) is 25.4. The van der Waals surface area contributed by atoms with Crippen molar-refractivity contribution in [2.45, 2.75) is 45.8 Å². The molecule has 5 rings (SSSR count). The molecule has 3 aromatic rings. The van der Waals surface area contributed by atoms with Gasteiger partial charge in [-0.05, 0) is 51.4 Å². The molecule has 8 nitrogen and oxygen atoms in total. The molecule has 0 saturated carbocycles. The number of imidazole rings is 1. The van der Waals surface area contributed by atoms with Crippen molar-refractivity contribution in [1.29, 1.82) is 0 Å². The zero-order valence-electron chi connectivity index (χ0n) is 18.4. The molecule has 1 N–H and O–H groups in total. The summed E-state index contributed by atoms with van der Waals surface area (Å²) in [5.74, 6) is 2.65. The van der Waals surface area contributed by atoms with Gasteiger partial charge in [0.05, 0.1) is 12.2 Å². The molecule has 1 saturated heterocycles. The van der Waals surface area contributed by atoms with Crippen LogP contribution in [0.5, 0.6) is 0 Å². The number of aryl methyl sites for hydroxylation is 2. The minimum absolute atomic E-state index is 0.151. The van der Waals surface area contributed by atoms with E-state index in [-0.39, 0.29) is 5.56 Å². The number of aromatic amines is 1. The molecule has 2 aliphatic rings. The summed E-state index contributed by atoms with van der Waals surface area (Å²) in [7, 11) is 2.02. The molecule has 162 valence electrons. The van der Waals surface area contributed by atoms with Gasteiger partial charge in [-0.3, -0.25) is 9.69 Å². The van der Waals surface area contributed by atoms with E-state index in [0.29, 0.717) is 24.9 Å². The Labute approximate surface area is 181 Å². The van der Waals surface area contributed by atoms with Crippen molar-refractivity contribution in [2.24, 2.45) is 5.92 Å². The van der Waals surface area contributed by atoms with E-state index in [1.54, 1.807) is 0 Å². The monoisotopic (exact) mass is 419 g/mol. The number of H-pyrrole nitrogens is 1. The van der Waals surface area contributed by atoms with Crippen LogP contribution in [0, 0.1) is 19.8 Å². The Morgan fingerprint density at radius 1 is 1.10 bits per heavy atom. The molecule has 1 fully saturated rings. The number of rotatable bonds is 5. The van der Waals surface area contributed by atoms with E-state index in [1.165, 1.54) is 0 Å². The lowest BCUT2D eigenvalue weighted by Gasteiger charge is -2.43. The maximum absolute atomic E-state index is 13.3. The van der Waals surface area contributed by atoms with Gasteiger partial charge in [-0.25, -0.2) is 4.98 Å². The topological polar surface area (TPSA) is 82.9 Å². The fourth-order valence-corrected chi connectivity index (χ4v) is 5.01. The molecule has 5 heterocycles. The molecule has 0 aliphatic carbocycles. The molecule has 8 heteroatoms. The number of hydrogen-bond acceptors (Lipinski definition) is 6. The predicted molar refractivity (Wildman–Crippen MR) is 119 cm³/mol. The lowest BCUT2D eigenvalue weighted by Crippen LogP contribution is -2.48. The number of fused-ring (bicyclic) bond motifs is 4. The molecule has 0 radical (unpaired) electrons. The normalized spacial score (nSPS) is 20.2. The van der Waals surface area contributed by atoms with Gasteiger partial charge in [-0.1, -0.05) is 6.07 Å². The summed E-state index contributed by atoms with van der Waals surface area (Å²) in [6.45, 7) is 7.82. The SMILES string of the molecule is Cc1ccc(N2C[C@@H]3C[C@H](C2)c2ccc(CN(C)Cc4ncc(C)[nH]4)c(=O)n2C3)nn1. The van der Waals surface area contributed by atoms with E-state index in [4.69, 9.17) is 0 Å². The number of pyridine rings is 1. The Kier molecular flexibility index (Phi) is 5.09. The molecule has 2 bridgehead atoms. The largest absolute Gasteiger partial charge is 0.354 e. The van der Waals surface area contributed by atoms with Crippen LogP contribution >= 0.6 is 0 Å². The summed E-state index contributed by atoms with van der Waals surface area (Å²) in [6, 6.07) is 8.24. The smallest absolute Gasteiger partial charge is 0.255 e. The van der Waals surface area contributed by atoms with Gasteiger partial charge < -0.3 is 14.5 Å². The number of nitrogens with one attached hydrogen (secondary N) is 1.